The summed E-state index contributed by atoms with van der Waals surface area (Å²) in [6.07, 6.45) is 7.83. The van der Waals surface area contributed by atoms with E-state index in [4.69, 9.17) is 4.74 Å². The first-order valence-corrected chi connectivity index (χ1v) is 8.16. The molecule has 2 nitrogen and oxygen atoms in total. The van der Waals surface area contributed by atoms with E-state index in [2.05, 4.69) is 42.7 Å². The lowest BCUT2D eigenvalue weighted by Gasteiger charge is -2.49. The zero-order valence-electron chi connectivity index (χ0n) is 12.6. The Bertz CT molecular complexity index is 407. The summed E-state index contributed by atoms with van der Waals surface area (Å²) in [7, 11) is 2.15. The molecule has 1 aliphatic heterocycles. The van der Waals surface area contributed by atoms with Gasteiger partial charge in [0.25, 0.3) is 0 Å². The molecule has 1 aliphatic carbocycles. The Labute approximate surface area is 122 Å². The Hall–Kier alpha value is -0.860. The standard InChI is InChI=1S/C18H27NO/c1-19-17(14-15-8-12-20-13-9-15)18(10-5-11-18)16-6-3-2-4-7-16/h2-4,6-7,15,17,19H,5,8-14H2,1H3. The maximum absolute atomic E-state index is 5.51. The second kappa shape index (κ2) is 6.28. The summed E-state index contributed by atoms with van der Waals surface area (Å²) in [4.78, 5) is 0. The van der Waals surface area contributed by atoms with Gasteiger partial charge in [-0.2, -0.15) is 0 Å². The second-order valence-corrected chi connectivity index (χ2v) is 6.51. The first kappa shape index (κ1) is 14.1. The molecule has 1 unspecified atom stereocenters. The molecule has 110 valence electrons. The van der Waals surface area contributed by atoms with Crippen molar-refractivity contribution in [3.05, 3.63) is 35.9 Å². The third kappa shape index (κ3) is 2.64. The third-order valence-corrected chi connectivity index (χ3v) is 5.52. The average Bonchev–Trinajstić information content (AvgIpc) is 2.47. The molecular weight excluding hydrogens is 246 g/mol. The highest BCUT2D eigenvalue weighted by atomic mass is 16.5. The van der Waals surface area contributed by atoms with Crippen molar-refractivity contribution in [3.8, 4) is 0 Å². The van der Waals surface area contributed by atoms with E-state index in [9.17, 15) is 0 Å². The van der Waals surface area contributed by atoms with Gasteiger partial charge in [0.15, 0.2) is 0 Å². The molecule has 1 aromatic carbocycles. The van der Waals surface area contributed by atoms with Gasteiger partial charge in [-0.25, -0.2) is 0 Å². The van der Waals surface area contributed by atoms with Crippen LogP contribution < -0.4 is 5.32 Å². The zero-order chi connectivity index (χ0) is 13.8. The van der Waals surface area contributed by atoms with Gasteiger partial charge in [-0.3, -0.25) is 0 Å². The van der Waals surface area contributed by atoms with Gasteiger partial charge in [-0.05, 0) is 50.6 Å². The summed E-state index contributed by atoms with van der Waals surface area (Å²) < 4.78 is 5.51. The molecule has 1 saturated heterocycles. The Balaban J connectivity index is 1.75. The van der Waals surface area contributed by atoms with Crippen molar-refractivity contribution in [1.29, 1.82) is 0 Å². The molecule has 3 rings (SSSR count). The maximum atomic E-state index is 5.51. The minimum atomic E-state index is 0.383. The molecule has 1 saturated carbocycles. The number of nitrogens with one attached hydrogen (secondary N) is 1. The third-order valence-electron chi connectivity index (χ3n) is 5.52. The lowest BCUT2D eigenvalue weighted by molar-refractivity contribution is 0.0509. The van der Waals surface area contributed by atoms with Crippen molar-refractivity contribution in [2.24, 2.45) is 5.92 Å². The molecule has 2 aliphatic rings. The number of benzene rings is 1. The summed E-state index contributed by atoms with van der Waals surface area (Å²) in [6, 6.07) is 11.8. The number of ether oxygens (including phenoxy) is 1. The lowest BCUT2D eigenvalue weighted by atomic mass is 9.58. The van der Waals surface area contributed by atoms with E-state index >= 15 is 0 Å². The summed E-state index contributed by atoms with van der Waals surface area (Å²) >= 11 is 0. The van der Waals surface area contributed by atoms with E-state index in [1.807, 2.05) is 0 Å². The molecule has 1 N–H and O–H groups in total. The molecule has 0 aromatic heterocycles. The van der Waals surface area contributed by atoms with Crippen LogP contribution in [0, 0.1) is 5.92 Å². The van der Waals surface area contributed by atoms with Crippen LogP contribution in [0.5, 0.6) is 0 Å². The minimum absolute atomic E-state index is 0.383. The molecule has 20 heavy (non-hydrogen) atoms. The van der Waals surface area contributed by atoms with Crippen LogP contribution in [-0.2, 0) is 10.2 Å². The SMILES string of the molecule is CNC(CC1CCOCC1)C1(c2ccccc2)CCC1. The van der Waals surface area contributed by atoms with Gasteiger partial charge in [0.05, 0.1) is 0 Å². The molecule has 2 fully saturated rings. The topological polar surface area (TPSA) is 21.3 Å². The Morgan fingerprint density at radius 3 is 2.45 bits per heavy atom. The predicted molar refractivity (Wildman–Crippen MR) is 83.0 cm³/mol. The average molecular weight is 273 g/mol. The van der Waals surface area contributed by atoms with Crippen LogP contribution in [0.3, 0.4) is 0 Å². The lowest BCUT2D eigenvalue weighted by Crippen LogP contribution is -2.52. The molecule has 0 spiro atoms. The van der Waals surface area contributed by atoms with Gasteiger partial charge in [0.2, 0.25) is 0 Å². The number of hydrogen-bond donors (Lipinski definition) is 1. The monoisotopic (exact) mass is 273 g/mol. The normalized spacial score (nSPS) is 24.1. The Morgan fingerprint density at radius 2 is 1.90 bits per heavy atom. The quantitative estimate of drug-likeness (QED) is 0.886. The molecule has 1 heterocycles. The van der Waals surface area contributed by atoms with Gasteiger partial charge < -0.3 is 10.1 Å². The molecular formula is C18H27NO. The van der Waals surface area contributed by atoms with Crippen molar-refractivity contribution < 1.29 is 4.74 Å². The van der Waals surface area contributed by atoms with Gasteiger partial charge >= 0.3 is 0 Å². The van der Waals surface area contributed by atoms with Gasteiger partial charge in [0.1, 0.15) is 0 Å². The second-order valence-electron chi connectivity index (χ2n) is 6.51. The summed E-state index contributed by atoms with van der Waals surface area (Å²) in [5.74, 6) is 0.836. The number of likely N-dealkylation sites (N-methyl/N-ethyl adjacent to an activating group) is 1. The van der Waals surface area contributed by atoms with E-state index in [1.54, 1.807) is 0 Å². The van der Waals surface area contributed by atoms with Gasteiger partial charge in [0, 0.05) is 24.7 Å². The van der Waals surface area contributed by atoms with Crippen molar-refractivity contribution in [2.45, 2.75) is 50.0 Å². The van der Waals surface area contributed by atoms with Crippen LogP contribution in [0.2, 0.25) is 0 Å². The van der Waals surface area contributed by atoms with E-state index in [0.717, 1.165) is 19.1 Å². The molecule has 0 radical (unpaired) electrons. The number of rotatable bonds is 5. The minimum Gasteiger partial charge on any atom is -0.381 e. The van der Waals surface area contributed by atoms with Crippen LogP contribution in [-0.4, -0.2) is 26.3 Å². The fourth-order valence-electron chi connectivity index (χ4n) is 4.10. The highest BCUT2D eigenvalue weighted by Crippen LogP contribution is 2.48. The smallest absolute Gasteiger partial charge is 0.0468 e. The first-order valence-electron chi connectivity index (χ1n) is 8.16. The Kier molecular flexibility index (Phi) is 4.42. The predicted octanol–water partition coefficient (Wildman–Crippen LogP) is 3.51. The summed E-state index contributed by atoms with van der Waals surface area (Å²) in [6.45, 7) is 1.92. The Morgan fingerprint density at radius 1 is 1.20 bits per heavy atom. The fraction of sp³-hybridized carbons (Fsp3) is 0.667. The van der Waals surface area contributed by atoms with Crippen LogP contribution in [0.15, 0.2) is 30.3 Å². The molecule has 1 atom stereocenters. The van der Waals surface area contributed by atoms with Crippen LogP contribution >= 0.6 is 0 Å². The van der Waals surface area contributed by atoms with Crippen LogP contribution in [0.4, 0.5) is 0 Å². The summed E-state index contributed by atoms with van der Waals surface area (Å²) in [5.41, 5.74) is 1.92. The van der Waals surface area contributed by atoms with Crippen molar-refractivity contribution >= 4 is 0 Å². The maximum Gasteiger partial charge on any atom is 0.0468 e. The molecule has 0 bridgehead atoms. The molecule has 1 aromatic rings. The first-order chi connectivity index (χ1) is 9.85. The summed E-state index contributed by atoms with van der Waals surface area (Å²) in [5, 5.41) is 3.65. The fourth-order valence-corrected chi connectivity index (χ4v) is 4.10. The largest absolute Gasteiger partial charge is 0.381 e. The van der Waals surface area contributed by atoms with E-state index in [0.29, 0.717) is 11.5 Å². The highest BCUT2D eigenvalue weighted by molar-refractivity contribution is 5.30. The van der Waals surface area contributed by atoms with E-state index in [1.165, 1.54) is 44.1 Å². The molecule has 0 amide bonds. The van der Waals surface area contributed by atoms with Crippen molar-refractivity contribution in [2.75, 3.05) is 20.3 Å². The van der Waals surface area contributed by atoms with Gasteiger partial charge in [-0.15, -0.1) is 0 Å². The van der Waals surface area contributed by atoms with E-state index < -0.39 is 0 Å². The van der Waals surface area contributed by atoms with Crippen LogP contribution in [0.25, 0.3) is 0 Å². The van der Waals surface area contributed by atoms with Crippen molar-refractivity contribution in [3.63, 3.8) is 0 Å². The molecule has 2 heteroatoms. The van der Waals surface area contributed by atoms with Crippen molar-refractivity contribution in [1.82, 2.24) is 5.32 Å². The highest BCUT2D eigenvalue weighted by Gasteiger charge is 2.45. The van der Waals surface area contributed by atoms with Gasteiger partial charge in [-0.1, -0.05) is 36.8 Å². The zero-order valence-corrected chi connectivity index (χ0v) is 12.6. The number of hydrogen-bond acceptors (Lipinski definition) is 2. The van der Waals surface area contributed by atoms with E-state index in [-0.39, 0.29) is 0 Å². The van der Waals surface area contributed by atoms with Crippen LogP contribution in [0.1, 0.15) is 44.1 Å².